The summed E-state index contributed by atoms with van der Waals surface area (Å²) in [5.74, 6) is 1.81. The maximum Gasteiger partial charge on any atom is 0.0517 e. The minimum absolute atomic E-state index is 0.601. The monoisotopic (exact) mass is 286 g/mol. The second-order valence-electron chi connectivity index (χ2n) is 4.87. The molecule has 1 aliphatic carbocycles. The van der Waals surface area contributed by atoms with Gasteiger partial charge in [-0.2, -0.15) is 0 Å². The molecule has 0 aromatic carbocycles. The molecule has 0 N–H and O–H groups in total. The summed E-state index contributed by atoms with van der Waals surface area (Å²) >= 11 is 5.83. The molecule has 0 spiro atoms. The van der Waals surface area contributed by atoms with Crippen LogP contribution < -0.4 is 0 Å². The Morgan fingerprint density at radius 1 is 1.27 bits per heavy atom. The van der Waals surface area contributed by atoms with Gasteiger partial charge in [0.2, 0.25) is 0 Å². The molecule has 1 atom stereocenters. The van der Waals surface area contributed by atoms with Crippen LogP contribution >= 0.6 is 27.3 Å². The molecule has 2 rings (SSSR count). The average Bonchev–Trinajstić information content (AvgIpc) is 2.65. The van der Waals surface area contributed by atoms with Crippen LogP contribution in [-0.2, 0) is 0 Å². The molecule has 0 aliphatic heterocycles. The van der Waals surface area contributed by atoms with Crippen LogP contribution in [-0.4, -0.2) is 0 Å². The highest BCUT2D eigenvalue weighted by Crippen LogP contribution is 2.43. The Hall–Kier alpha value is 0.180. The maximum atomic E-state index is 3.89. The van der Waals surface area contributed by atoms with Crippen molar-refractivity contribution < 1.29 is 0 Å². The second-order valence-corrected chi connectivity index (χ2v) is 7.18. The molecule has 1 saturated carbocycles. The first-order chi connectivity index (χ1) is 7.16. The summed E-state index contributed by atoms with van der Waals surface area (Å²) in [6, 6.07) is 4.52. The van der Waals surface area contributed by atoms with Gasteiger partial charge in [0.25, 0.3) is 0 Å². The molecule has 1 unspecified atom stereocenters. The Balaban J connectivity index is 1.99. The molecule has 1 aliphatic rings. The molecule has 84 valence electrons. The van der Waals surface area contributed by atoms with E-state index in [0.29, 0.717) is 4.83 Å². The number of alkyl halides is 1. The maximum absolute atomic E-state index is 3.89. The second kappa shape index (κ2) is 5.01. The zero-order valence-corrected chi connectivity index (χ0v) is 11.9. The fraction of sp³-hybridized carbons (Fsp3) is 0.692. The molecule has 0 bridgehead atoms. The molecule has 1 aromatic heterocycles. The van der Waals surface area contributed by atoms with Crippen molar-refractivity contribution in [1.29, 1.82) is 0 Å². The number of thiophene rings is 1. The van der Waals surface area contributed by atoms with Crippen molar-refractivity contribution in [3.8, 4) is 0 Å². The molecule has 2 heteroatoms. The number of hydrogen-bond donors (Lipinski definition) is 0. The first kappa shape index (κ1) is 11.7. The van der Waals surface area contributed by atoms with Crippen LogP contribution in [0, 0.1) is 18.8 Å². The van der Waals surface area contributed by atoms with Gasteiger partial charge in [0.1, 0.15) is 0 Å². The van der Waals surface area contributed by atoms with Gasteiger partial charge in [0.05, 0.1) is 4.83 Å². The highest BCUT2D eigenvalue weighted by Gasteiger charge is 2.26. The molecule has 0 radical (unpaired) electrons. The summed E-state index contributed by atoms with van der Waals surface area (Å²) in [6.45, 7) is 4.57. The van der Waals surface area contributed by atoms with E-state index in [2.05, 4.69) is 41.9 Å². The Morgan fingerprint density at radius 3 is 2.47 bits per heavy atom. The quantitative estimate of drug-likeness (QED) is 0.646. The Kier molecular flexibility index (Phi) is 3.89. The lowest BCUT2D eigenvalue weighted by Gasteiger charge is -2.29. The third-order valence-corrected chi connectivity index (χ3v) is 6.14. The van der Waals surface area contributed by atoms with Crippen LogP contribution in [0.5, 0.6) is 0 Å². The normalized spacial score (nSPS) is 29.0. The van der Waals surface area contributed by atoms with E-state index >= 15 is 0 Å². The van der Waals surface area contributed by atoms with Crippen molar-refractivity contribution in [3.63, 3.8) is 0 Å². The standard InChI is InChI=1S/C13H19BrS/c1-9-3-6-11(7-4-9)13(14)12-8-5-10(2)15-12/h5,8-9,11,13H,3-4,6-7H2,1-2H3. The van der Waals surface area contributed by atoms with E-state index in [1.165, 1.54) is 35.4 Å². The molecule has 0 amide bonds. The van der Waals surface area contributed by atoms with Crippen molar-refractivity contribution in [2.75, 3.05) is 0 Å². The van der Waals surface area contributed by atoms with E-state index in [0.717, 1.165) is 11.8 Å². The first-order valence-corrected chi connectivity index (χ1v) is 7.60. The Labute approximate surface area is 105 Å². The Morgan fingerprint density at radius 2 is 1.93 bits per heavy atom. The summed E-state index contributed by atoms with van der Waals surface area (Å²) in [5.41, 5.74) is 0. The fourth-order valence-electron chi connectivity index (χ4n) is 2.41. The minimum atomic E-state index is 0.601. The molecule has 0 saturated heterocycles. The van der Waals surface area contributed by atoms with Crippen molar-refractivity contribution >= 4 is 27.3 Å². The van der Waals surface area contributed by atoms with Crippen LogP contribution in [0.15, 0.2) is 12.1 Å². The van der Waals surface area contributed by atoms with Gasteiger partial charge in [0.15, 0.2) is 0 Å². The van der Waals surface area contributed by atoms with Crippen molar-refractivity contribution in [2.45, 2.75) is 44.4 Å². The molecular weight excluding hydrogens is 268 g/mol. The minimum Gasteiger partial charge on any atom is -0.145 e. The van der Waals surface area contributed by atoms with Gasteiger partial charge in [-0.05, 0) is 43.7 Å². The third kappa shape index (κ3) is 2.85. The third-order valence-electron chi connectivity index (χ3n) is 3.51. The average molecular weight is 287 g/mol. The van der Waals surface area contributed by atoms with Gasteiger partial charge in [-0.25, -0.2) is 0 Å². The van der Waals surface area contributed by atoms with Gasteiger partial charge >= 0.3 is 0 Å². The zero-order valence-electron chi connectivity index (χ0n) is 9.50. The zero-order chi connectivity index (χ0) is 10.8. The molecular formula is C13H19BrS. The summed E-state index contributed by atoms with van der Waals surface area (Å²) < 4.78 is 0. The number of aryl methyl sites for hydroxylation is 1. The smallest absolute Gasteiger partial charge is 0.0517 e. The van der Waals surface area contributed by atoms with Crippen molar-refractivity contribution in [2.24, 2.45) is 11.8 Å². The molecule has 1 heterocycles. The summed E-state index contributed by atoms with van der Waals surface area (Å²) in [4.78, 5) is 3.55. The largest absolute Gasteiger partial charge is 0.145 e. The van der Waals surface area contributed by atoms with Crippen LogP contribution in [0.1, 0.15) is 47.2 Å². The Bertz CT molecular complexity index is 310. The molecule has 1 aromatic rings. The predicted molar refractivity (Wildman–Crippen MR) is 71.8 cm³/mol. The lowest BCUT2D eigenvalue weighted by molar-refractivity contribution is 0.288. The lowest BCUT2D eigenvalue weighted by Crippen LogP contribution is -2.15. The highest BCUT2D eigenvalue weighted by atomic mass is 79.9. The van der Waals surface area contributed by atoms with E-state index in [1.807, 2.05) is 11.3 Å². The van der Waals surface area contributed by atoms with Crippen LogP contribution in [0.2, 0.25) is 0 Å². The molecule has 0 nitrogen and oxygen atoms in total. The van der Waals surface area contributed by atoms with Crippen molar-refractivity contribution in [3.05, 3.63) is 21.9 Å². The SMILES string of the molecule is Cc1ccc(C(Br)C2CCC(C)CC2)s1. The van der Waals surface area contributed by atoms with Gasteiger partial charge in [-0.3, -0.25) is 0 Å². The van der Waals surface area contributed by atoms with E-state index in [4.69, 9.17) is 0 Å². The topological polar surface area (TPSA) is 0 Å². The number of hydrogen-bond acceptors (Lipinski definition) is 1. The fourth-order valence-corrected chi connectivity index (χ4v) is 4.32. The summed E-state index contributed by atoms with van der Waals surface area (Å²) in [5, 5.41) is 0. The van der Waals surface area contributed by atoms with Gasteiger partial charge in [-0.1, -0.05) is 35.7 Å². The van der Waals surface area contributed by atoms with Crippen LogP contribution in [0.4, 0.5) is 0 Å². The van der Waals surface area contributed by atoms with Crippen LogP contribution in [0.25, 0.3) is 0 Å². The summed E-state index contributed by atoms with van der Waals surface area (Å²) in [7, 11) is 0. The van der Waals surface area contributed by atoms with Crippen LogP contribution in [0.3, 0.4) is 0 Å². The number of halogens is 1. The highest BCUT2D eigenvalue weighted by molar-refractivity contribution is 9.09. The van der Waals surface area contributed by atoms with Gasteiger partial charge in [0, 0.05) is 9.75 Å². The van der Waals surface area contributed by atoms with E-state index in [-0.39, 0.29) is 0 Å². The predicted octanol–water partition coefficient (Wildman–Crippen LogP) is 5.32. The number of rotatable bonds is 2. The molecule has 15 heavy (non-hydrogen) atoms. The summed E-state index contributed by atoms with van der Waals surface area (Å²) in [6.07, 6.45) is 5.62. The first-order valence-electron chi connectivity index (χ1n) is 5.87. The molecule has 1 fully saturated rings. The van der Waals surface area contributed by atoms with Gasteiger partial charge < -0.3 is 0 Å². The van der Waals surface area contributed by atoms with E-state index < -0.39 is 0 Å². The lowest BCUT2D eigenvalue weighted by atomic mass is 9.81. The van der Waals surface area contributed by atoms with Gasteiger partial charge in [-0.15, -0.1) is 11.3 Å². The van der Waals surface area contributed by atoms with E-state index in [1.54, 1.807) is 0 Å². The van der Waals surface area contributed by atoms with E-state index in [9.17, 15) is 0 Å². The van der Waals surface area contributed by atoms with Crippen molar-refractivity contribution in [1.82, 2.24) is 0 Å².